The van der Waals surface area contributed by atoms with Gasteiger partial charge in [0.05, 0.1) is 0 Å². The molecule has 0 aromatic carbocycles. The summed E-state index contributed by atoms with van der Waals surface area (Å²) in [6, 6.07) is -0.838. The van der Waals surface area contributed by atoms with Crippen LogP contribution in [0.15, 0.2) is 11.6 Å². The van der Waals surface area contributed by atoms with Crippen molar-refractivity contribution >= 4 is 28.5 Å². The third kappa shape index (κ3) is 4.31. The van der Waals surface area contributed by atoms with Gasteiger partial charge in [-0.3, -0.25) is 9.69 Å². The quantitative estimate of drug-likeness (QED) is 0.926. The normalized spacial score (nSPS) is 18.6. The number of ether oxygens (including phenoxy) is 1. The number of aromatic nitrogens is 1. The molecule has 0 spiro atoms. The van der Waals surface area contributed by atoms with Crippen molar-refractivity contribution in [2.45, 2.75) is 25.1 Å². The van der Waals surface area contributed by atoms with E-state index in [1.807, 2.05) is 0 Å². The van der Waals surface area contributed by atoms with Gasteiger partial charge in [0.2, 0.25) is 5.91 Å². The minimum absolute atomic E-state index is 0.187. The maximum absolute atomic E-state index is 12.0. The predicted octanol–water partition coefficient (Wildman–Crippen LogP) is 2.24. The highest BCUT2D eigenvalue weighted by Gasteiger charge is 2.37. The first-order valence-electron chi connectivity index (χ1n) is 6.07. The molecule has 1 aromatic heterocycles. The van der Waals surface area contributed by atoms with Crippen molar-refractivity contribution in [2.24, 2.45) is 0 Å². The van der Waals surface area contributed by atoms with Crippen LogP contribution in [-0.4, -0.2) is 47.3 Å². The summed E-state index contributed by atoms with van der Waals surface area (Å²) in [6.07, 6.45) is -3.32. The summed E-state index contributed by atoms with van der Waals surface area (Å²) >= 11 is 1.21. The third-order valence-electron chi connectivity index (χ3n) is 2.81. The Bertz CT molecular complexity index is 507. The van der Waals surface area contributed by atoms with E-state index in [1.54, 1.807) is 5.38 Å². The predicted molar refractivity (Wildman–Crippen MR) is 67.9 cm³/mol. The summed E-state index contributed by atoms with van der Waals surface area (Å²) in [5, 5.41) is 4.55. The molecule has 0 saturated carbocycles. The Labute approximate surface area is 121 Å². The minimum Gasteiger partial charge on any atom is -0.440 e. The van der Waals surface area contributed by atoms with Crippen molar-refractivity contribution in [3.63, 3.8) is 0 Å². The molecule has 1 aliphatic heterocycles. The number of anilines is 1. The molecule has 1 fully saturated rings. The highest BCUT2D eigenvalue weighted by Crippen LogP contribution is 2.22. The first kappa shape index (κ1) is 15.5. The summed E-state index contributed by atoms with van der Waals surface area (Å²) in [4.78, 5) is 28.5. The molecule has 2 heterocycles. The summed E-state index contributed by atoms with van der Waals surface area (Å²) in [5.74, 6) is -0.480. The highest BCUT2D eigenvalue weighted by atomic mass is 32.1. The lowest BCUT2D eigenvalue weighted by Gasteiger charge is -2.23. The Morgan fingerprint density at radius 3 is 2.90 bits per heavy atom. The lowest BCUT2D eigenvalue weighted by atomic mass is 10.2. The fourth-order valence-corrected chi connectivity index (χ4v) is 2.49. The van der Waals surface area contributed by atoms with Crippen LogP contribution < -0.4 is 5.32 Å². The van der Waals surface area contributed by atoms with E-state index >= 15 is 0 Å². The van der Waals surface area contributed by atoms with Gasteiger partial charge in [0.25, 0.3) is 0 Å². The lowest BCUT2D eigenvalue weighted by Crippen LogP contribution is -2.44. The van der Waals surface area contributed by atoms with Gasteiger partial charge in [-0.05, 0) is 12.8 Å². The Balaban J connectivity index is 1.93. The molecular weight excluding hydrogens is 311 g/mol. The molecule has 0 aliphatic carbocycles. The Hall–Kier alpha value is -1.84. The van der Waals surface area contributed by atoms with Crippen LogP contribution in [0.4, 0.5) is 23.1 Å². The van der Waals surface area contributed by atoms with Gasteiger partial charge in [0.15, 0.2) is 11.7 Å². The second-order valence-electron chi connectivity index (χ2n) is 4.35. The number of carbonyl (C=O) groups is 2. The number of carbonyl (C=O) groups excluding carboxylic acids is 2. The Kier molecular flexibility index (Phi) is 4.66. The van der Waals surface area contributed by atoms with Crippen LogP contribution in [0.5, 0.6) is 0 Å². The zero-order chi connectivity index (χ0) is 15.5. The highest BCUT2D eigenvalue weighted by molar-refractivity contribution is 7.13. The molecule has 116 valence electrons. The van der Waals surface area contributed by atoms with E-state index in [9.17, 15) is 22.8 Å². The van der Waals surface area contributed by atoms with Gasteiger partial charge < -0.3 is 10.1 Å². The smallest absolute Gasteiger partial charge is 0.422 e. The molecule has 21 heavy (non-hydrogen) atoms. The van der Waals surface area contributed by atoms with Gasteiger partial charge in [-0.25, -0.2) is 9.78 Å². The molecule has 1 N–H and O–H groups in total. The van der Waals surface area contributed by atoms with Gasteiger partial charge >= 0.3 is 12.3 Å². The molecule has 1 aromatic rings. The molecule has 2 amide bonds. The zero-order valence-corrected chi connectivity index (χ0v) is 11.5. The summed E-state index contributed by atoms with van der Waals surface area (Å²) in [5.41, 5.74) is 0. The number of rotatable bonds is 3. The van der Waals surface area contributed by atoms with E-state index in [0.717, 1.165) is 4.90 Å². The van der Waals surface area contributed by atoms with Crippen LogP contribution in [0, 0.1) is 0 Å². The van der Waals surface area contributed by atoms with Gasteiger partial charge in [0, 0.05) is 18.1 Å². The van der Waals surface area contributed by atoms with Crippen molar-refractivity contribution in [3.8, 4) is 0 Å². The largest absolute Gasteiger partial charge is 0.440 e. The summed E-state index contributed by atoms with van der Waals surface area (Å²) < 4.78 is 40.3. The Morgan fingerprint density at radius 1 is 1.52 bits per heavy atom. The number of likely N-dealkylation sites (tertiary alicyclic amines) is 1. The molecule has 6 nitrogen and oxygen atoms in total. The van der Waals surface area contributed by atoms with Crippen molar-refractivity contribution < 1.29 is 27.5 Å². The van der Waals surface area contributed by atoms with Crippen LogP contribution in [0.2, 0.25) is 0 Å². The topological polar surface area (TPSA) is 71.5 Å². The van der Waals surface area contributed by atoms with Crippen molar-refractivity contribution in [1.82, 2.24) is 9.88 Å². The van der Waals surface area contributed by atoms with Gasteiger partial charge in [-0.2, -0.15) is 13.2 Å². The van der Waals surface area contributed by atoms with Crippen molar-refractivity contribution in [1.29, 1.82) is 0 Å². The minimum atomic E-state index is -4.59. The maximum Gasteiger partial charge on any atom is 0.422 e. The molecule has 1 saturated heterocycles. The first-order chi connectivity index (χ1) is 9.87. The van der Waals surface area contributed by atoms with Crippen molar-refractivity contribution in [2.75, 3.05) is 18.5 Å². The fourth-order valence-electron chi connectivity index (χ4n) is 1.96. The SMILES string of the molecule is O=C(Nc1nccs1)[C@@H]1CCCN1C(=O)OCC(F)(F)F. The summed E-state index contributed by atoms with van der Waals surface area (Å²) in [6.45, 7) is -1.48. The molecule has 1 atom stereocenters. The fraction of sp³-hybridized carbons (Fsp3) is 0.545. The van der Waals surface area contributed by atoms with E-state index in [1.165, 1.54) is 17.5 Å². The van der Waals surface area contributed by atoms with Crippen LogP contribution >= 0.6 is 11.3 Å². The van der Waals surface area contributed by atoms with Crippen LogP contribution in [0.1, 0.15) is 12.8 Å². The van der Waals surface area contributed by atoms with E-state index in [-0.39, 0.29) is 6.54 Å². The molecular formula is C11H12F3N3O3S. The van der Waals surface area contributed by atoms with Crippen LogP contribution in [-0.2, 0) is 9.53 Å². The van der Waals surface area contributed by atoms with E-state index in [0.29, 0.717) is 18.0 Å². The molecule has 0 radical (unpaired) electrons. The first-order valence-corrected chi connectivity index (χ1v) is 6.95. The molecule has 1 aliphatic rings. The van der Waals surface area contributed by atoms with E-state index in [2.05, 4.69) is 15.0 Å². The average molecular weight is 323 g/mol. The number of alkyl halides is 3. The third-order valence-corrected chi connectivity index (χ3v) is 3.50. The molecule has 0 bridgehead atoms. The van der Waals surface area contributed by atoms with Gasteiger partial charge in [-0.1, -0.05) is 0 Å². The van der Waals surface area contributed by atoms with Gasteiger partial charge in [-0.15, -0.1) is 11.3 Å². The standard InChI is InChI=1S/C11H12F3N3O3S/c12-11(13,14)6-20-10(19)17-4-1-2-7(17)8(18)16-9-15-3-5-21-9/h3,5,7H,1-2,4,6H2,(H,15,16,18)/t7-/m0/s1. The number of hydrogen-bond acceptors (Lipinski definition) is 5. The number of nitrogens with zero attached hydrogens (tertiary/aromatic N) is 2. The molecule has 0 unspecified atom stereocenters. The second-order valence-corrected chi connectivity index (χ2v) is 5.24. The molecule has 10 heteroatoms. The average Bonchev–Trinajstić information content (AvgIpc) is 3.05. The van der Waals surface area contributed by atoms with Gasteiger partial charge in [0.1, 0.15) is 6.04 Å². The second kappa shape index (κ2) is 6.29. The van der Waals surface area contributed by atoms with Crippen LogP contribution in [0.3, 0.4) is 0 Å². The maximum atomic E-state index is 12.0. The number of hydrogen-bond donors (Lipinski definition) is 1. The zero-order valence-electron chi connectivity index (χ0n) is 10.7. The number of nitrogens with one attached hydrogen (secondary N) is 1. The summed E-state index contributed by atoms with van der Waals surface area (Å²) in [7, 11) is 0. The number of halogens is 3. The van der Waals surface area contributed by atoms with E-state index in [4.69, 9.17) is 0 Å². The number of amides is 2. The van der Waals surface area contributed by atoms with Crippen molar-refractivity contribution in [3.05, 3.63) is 11.6 Å². The number of thiazole rings is 1. The van der Waals surface area contributed by atoms with Crippen LogP contribution in [0.25, 0.3) is 0 Å². The lowest BCUT2D eigenvalue weighted by molar-refractivity contribution is -0.162. The molecule has 2 rings (SSSR count). The van der Waals surface area contributed by atoms with E-state index < -0.39 is 30.8 Å². The Morgan fingerprint density at radius 2 is 2.29 bits per heavy atom. The monoisotopic (exact) mass is 323 g/mol.